The molecular weight excluding hydrogens is 372 g/mol. The van der Waals surface area contributed by atoms with Crippen molar-refractivity contribution in [1.82, 2.24) is 9.55 Å². The average molecular weight is 397 g/mol. The summed E-state index contributed by atoms with van der Waals surface area (Å²) in [4.78, 5) is 22.2. The summed E-state index contributed by atoms with van der Waals surface area (Å²) in [6.45, 7) is 3.79. The van der Waals surface area contributed by atoms with E-state index in [0.717, 1.165) is 33.1 Å². The molecular formula is C19H25F2N3O4. The van der Waals surface area contributed by atoms with Crippen molar-refractivity contribution in [2.75, 3.05) is 0 Å². The normalized spacial score (nSPS) is 17.8. The Morgan fingerprint density at radius 3 is 2.25 bits per heavy atom. The summed E-state index contributed by atoms with van der Waals surface area (Å²) in [5.74, 6) is -2.44. The molecule has 0 amide bonds. The Balaban J connectivity index is 0.000000420. The average Bonchev–Trinajstić information content (AvgIpc) is 3.19. The van der Waals surface area contributed by atoms with Crippen LogP contribution in [0.1, 0.15) is 44.7 Å². The van der Waals surface area contributed by atoms with E-state index in [2.05, 4.69) is 4.98 Å². The molecule has 9 heteroatoms. The van der Waals surface area contributed by atoms with Gasteiger partial charge in [-0.15, -0.1) is 0 Å². The molecule has 2 atom stereocenters. The first kappa shape index (κ1) is 23.2. The monoisotopic (exact) mass is 397 g/mol. The molecule has 0 spiro atoms. The molecule has 1 aliphatic carbocycles. The van der Waals surface area contributed by atoms with Gasteiger partial charge in [0.25, 0.3) is 11.9 Å². The lowest BCUT2D eigenvalue weighted by Gasteiger charge is -2.16. The molecule has 0 radical (unpaired) electrons. The molecule has 7 nitrogen and oxygen atoms in total. The van der Waals surface area contributed by atoms with Crippen LogP contribution in [0.15, 0.2) is 24.5 Å². The van der Waals surface area contributed by atoms with E-state index in [1.807, 2.05) is 4.57 Å². The van der Waals surface area contributed by atoms with Crippen molar-refractivity contribution in [3.05, 3.63) is 41.7 Å². The predicted octanol–water partition coefficient (Wildman–Crippen LogP) is 3.37. The van der Waals surface area contributed by atoms with Crippen LogP contribution >= 0.6 is 0 Å². The van der Waals surface area contributed by atoms with Crippen LogP contribution in [0.2, 0.25) is 0 Å². The van der Waals surface area contributed by atoms with Crippen LogP contribution in [-0.2, 0) is 9.59 Å². The number of aryl methyl sites for hydroxylation is 1. The van der Waals surface area contributed by atoms with Gasteiger partial charge < -0.3 is 20.5 Å². The highest BCUT2D eigenvalue weighted by Gasteiger charge is 2.27. The van der Waals surface area contributed by atoms with Crippen LogP contribution in [0.4, 0.5) is 8.78 Å². The summed E-state index contributed by atoms with van der Waals surface area (Å²) in [5.41, 5.74) is 6.29. The Morgan fingerprint density at radius 1 is 1.18 bits per heavy atom. The van der Waals surface area contributed by atoms with E-state index in [-0.39, 0.29) is 17.6 Å². The van der Waals surface area contributed by atoms with E-state index < -0.39 is 23.6 Å². The highest BCUT2D eigenvalue weighted by Crippen LogP contribution is 2.34. The zero-order valence-corrected chi connectivity index (χ0v) is 16.0. The van der Waals surface area contributed by atoms with Crippen molar-refractivity contribution in [3.8, 4) is 11.4 Å². The summed E-state index contributed by atoms with van der Waals surface area (Å²) in [6, 6.07) is 3.05. The second-order valence-corrected chi connectivity index (χ2v) is 6.48. The number of benzene rings is 1. The second-order valence-electron chi connectivity index (χ2n) is 6.48. The molecule has 1 aromatic carbocycles. The highest BCUT2D eigenvalue weighted by molar-refractivity contribution is 5.63. The number of carboxylic acids is 2. The summed E-state index contributed by atoms with van der Waals surface area (Å²) in [6.07, 6.45) is 6.03. The van der Waals surface area contributed by atoms with E-state index in [9.17, 15) is 8.78 Å². The Labute approximate surface area is 161 Å². The molecule has 2 aromatic rings. The van der Waals surface area contributed by atoms with Crippen LogP contribution in [-0.4, -0.2) is 37.7 Å². The van der Waals surface area contributed by atoms with E-state index in [1.165, 1.54) is 12.1 Å². The second kappa shape index (κ2) is 10.5. The molecule has 1 saturated carbocycles. The van der Waals surface area contributed by atoms with Gasteiger partial charge in [0.05, 0.1) is 5.56 Å². The maximum atomic E-state index is 14.3. The molecule has 28 heavy (non-hydrogen) atoms. The van der Waals surface area contributed by atoms with Gasteiger partial charge in [0.2, 0.25) is 0 Å². The smallest absolute Gasteiger partial charge is 0.300 e. The van der Waals surface area contributed by atoms with Crippen molar-refractivity contribution >= 4 is 11.9 Å². The highest BCUT2D eigenvalue weighted by atomic mass is 19.1. The number of carbonyl (C=O) groups is 2. The fourth-order valence-corrected chi connectivity index (χ4v) is 2.91. The Morgan fingerprint density at radius 2 is 1.75 bits per heavy atom. The third-order valence-electron chi connectivity index (χ3n) is 4.02. The van der Waals surface area contributed by atoms with Crippen molar-refractivity contribution in [2.45, 2.75) is 52.1 Å². The quantitative estimate of drug-likeness (QED) is 0.715. The van der Waals surface area contributed by atoms with Gasteiger partial charge in [-0.05, 0) is 37.8 Å². The minimum absolute atomic E-state index is 0.0459. The molecule has 3 rings (SSSR count). The van der Waals surface area contributed by atoms with Gasteiger partial charge in [0.15, 0.2) is 0 Å². The van der Waals surface area contributed by atoms with Crippen LogP contribution in [0.5, 0.6) is 0 Å². The molecule has 1 aliphatic rings. The number of aliphatic carboxylic acids is 2. The first-order valence-electron chi connectivity index (χ1n) is 8.67. The summed E-state index contributed by atoms with van der Waals surface area (Å²) >= 11 is 0. The molecule has 0 unspecified atom stereocenters. The molecule has 0 aliphatic heterocycles. The molecule has 4 N–H and O–H groups in total. The van der Waals surface area contributed by atoms with Crippen LogP contribution < -0.4 is 5.73 Å². The molecule has 1 heterocycles. The number of nitrogens with zero attached hydrogens (tertiary/aromatic N) is 2. The van der Waals surface area contributed by atoms with E-state index in [4.69, 9.17) is 25.5 Å². The third-order valence-corrected chi connectivity index (χ3v) is 4.02. The first-order valence-corrected chi connectivity index (χ1v) is 8.67. The number of hydrogen-bond acceptors (Lipinski definition) is 4. The first-order chi connectivity index (χ1) is 13.0. The number of imidazole rings is 1. The lowest BCUT2D eigenvalue weighted by atomic mass is 10.1. The maximum absolute atomic E-state index is 14.3. The number of carboxylic acid groups (broad SMARTS) is 2. The van der Waals surface area contributed by atoms with Gasteiger partial charge in [0.1, 0.15) is 17.5 Å². The Bertz CT molecular complexity index is 804. The Hall–Kier alpha value is -2.81. The van der Waals surface area contributed by atoms with Gasteiger partial charge in [-0.25, -0.2) is 13.8 Å². The number of halogens is 2. The standard InChI is InChI=1S/C15H17F2N3.2C2H4O2/c1-9-2-5-12(16)13(14(9)17)15-19-6-7-20(15)11-4-3-10(18)8-11;2*1-2(3)4/h2,5-7,10-11H,3-4,8,18H2,1H3;2*1H3,(H,3,4)/t10-,11+;;/m0../s1. The zero-order chi connectivity index (χ0) is 21.4. The minimum Gasteiger partial charge on any atom is -0.481 e. The third kappa shape index (κ3) is 6.73. The molecule has 0 saturated heterocycles. The lowest BCUT2D eigenvalue weighted by Crippen LogP contribution is -2.16. The van der Waals surface area contributed by atoms with Crippen molar-refractivity contribution in [1.29, 1.82) is 0 Å². The van der Waals surface area contributed by atoms with Gasteiger partial charge >= 0.3 is 0 Å². The summed E-state index contributed by atoms with van der Waals surface area (Å²) < 4.78 is 30.1. The van der Waals surface area contributed by atoms with E-state index >= 15 is 0 Å². The van der Waals surface area contributed by atoms with Gasteiger partial charge in [-0.1, -0.05) is 6.07 Å². The van der Waals surface area contributed by atoms with Gasteiger partial charge in [0, 0.05) is 38.3 Å². The molecule has 1 aromatic heterocycles. The van der Waals surface area contributed by atoms with Crippen molar-refractivity contribution in [3.63, 3.8) is 0 Å². The van der Waals surface area contributed by atoms with Crippen LogP contribution in [0.25, 0.3) is 11.4 Å². The number of rotatable bonds is 2. The fourth-order valence-electron chi connectivity index (χ4n) is 2.91. The summed E-state index contributed by atoms with van der Waals surface area (Å²) in [5, 5.41) is 14.8. The zero-order valence-electron chi connectivity index (χ0n) is 16.0. The SMILES string of the molecule is CC(=O)O.CC(=O)O.Cc1ccc(F)c(-c2nccn2[C@@H]2CC[C@H](N)C2)c1F. The van der Waals surface area contributed by atoms with Crippen molar-refractivity contribution in [2.24, 2.45) is 5.73 Å². The van der Waals surface area contributed by atoms with Gasteiger partial charge in [-0.3, -0.25) is 9.59 Å². The van der Waals surface area contributed by atoms with Crippen molar-refractivity contribution < 1.29 is 28.6 Å². The topological polar surface area (TPSA) is 118 Å². The molecule has 1 fully saturated rings. The lowest BCUT2D eigenvalue weighted by molar-refractivity contribution is -0.135. The predicted molar refractivity (Wildman–Crippen MR) is 99.8 cm³/mol. The maximum Gasteiger partial charge on any atom is 0.300 e. The minimum atomic E-state index is -0.833. The summed E-state index contributed by atoms with van der Waals surface area (Å²) in [7, 11) is 0. The van der Waals surface area contributed by atoms with E-state index in [1.54, 1.807) is 19.3 Å². The number of hydrogen-bond donors (Lipinski definition) is 3. The Kier molecular flexibility index (Phi) is 8.72. The largest absolute Gasteiger partial charge is 0.481 e. The van der Waals surface area contributed by atoms with Gasteiger partial charge in [-0.2, -0.15) is 0 Å². The molecule has 0 bridgehead atoms. The number of aromatic nitrogens is 2. The fraction of sp³-hybridized carbons (Fsp3) is 0.421. The number of nitrogens with two attached hydrogens (primary N) is 1. The van der Waals surface area contributed by atoms with E-state index in [0.29, 0.717) is 11.4 Å². The van der Waals surface area contributed by atoms with Crippen LogP contribution in [0.3, 0.4) is 0 Å². The molecule has 154 valence electrons. The van der Waals surface area contributed by atoms with Crippen LogP contribution in [0, 0.1) is 18.6 Å².